The van der Waals surface area contributed by atoms with Crippen LogP contribution in [0.1, 0.15) is 5.56 Å². The zero-order valence-electron chi connectivity index (χ0n) is 8.27. The standard InChI is InChI=1S/C11H11ClO3/c1-14-11-5-4-9(7-10(11)12)3-2-6-15-8-13/h2-5,7-8H,6H2,1H3. The van der Waals surface area contributed by atoms with Crippen LogP contribution in [0.5, 0.6) is 5.75 Å². The highest BCUT2D eigenvalue weighted by Crippen LogP contribution is 2.25. The van der Waals surface area contributed by atoms with Crippen molar-refractivity contribution in [2.75, 3.05) is 13.7 Å². The predicted molar refractivity (Wildman–Crippen MR) is 59.1 cm³/mol. The highest BCUT2D eigenvalue weighted by Gasteiger charge is 1.98. The number of carbonyl (C=O) groups is 1. The summed E-state index contributed by atoms with van der Waals surface area (Å²) in [5.74, 6) is 0.637. The maximum absolute atomic E-state index is 9.86. The molecule has 80 valence electrons. The van der Waals surface area contributed by atoms with Gasteiger partial charge in [-0.1, -0.05) is 23.7 Å². The van der Waals surface area contributed by atoms with Gasteiger partial charge in [0.2, 0.25) is 0 Å². The highest BCUT2D eigenvalue weighted by molar-refractivity contribution is 6.32. The van der Waals surface area contributed by atoms with Crippen molar-refractivity contribution < 1.29 is 14.3 Å². The number of carbonyl (C=O) groups excluding carboxylic acids is 1. The molecule has 0 amide bonds. The molecule has 0 radical (unpaired) electrons. The number of halogens is 1. The van der Waals surface area contributed by atoms with Gasteiger partial charge in [-0.05, 0) is 23.8 Å². The van der Waals surface area contributed by atoms with Crippen molar-refractivity contribution in [1.29, 1.82) is 0 Å². The lowest BCUT2D eigenvalue weighted by Crippen LogP contribution is -1.86. The Bertz CT molecular complexity index is 361. The molecule has 15 heavy (non-hydrogen) atoms. The topological polar surface area (TPSA) is 35.5 Å². The van der Waals surface area contributed by atoms with Gasteiger partial charge < -0.3 is 9.47 Å². The molecule has 1 aromatic carbocycles. The van der Waals surface area contributed by atoms with Gasteiger partial charge >= 0.3 is 0 Å². The second kappa shape index (κ2) is 6.09. The van der Waals surface area contributed by atoms with Crippen LogP contribution >= 0.6 is 11.6 Å². The monoisotopic (exact) mass is 226 g/mol. The lowest BCUT2D eigenvalue weighted by atomic mass is 10.2. The molecule has 0 aliphatic rings. The summed E-state index contributed by atoms with van der Waals surface area (Å²) in [7, 11) is 1.56. The molecule has 3 nitrogen and oxygen atoms in total. The minimum absolute atomic E-state index is 0.257. The van der Waals surface area contributed by atoms with Crippen molar-refractivity contribution in [2.24, 2.45) is 0 Å². The largest absolute Gasteiger partial charge is 0.495 e. The summed E-state index contributed by atoms with van der Waals surface area (Å²) in [4.78, 5) is 9.86. The fourth-order valence-electron chi connectivity index (χ4n) is 1.07. The van der Waals surface area contributed by atoms with Gasteiger partial charge in [-0.2, -0.15) is 0 Å². The van der Waals surface area contributed by atoms with E-state index >= 15 is 0 Å². The maximum atomic E-state index is 9.86. The molecule has 0 fully saturated rings. The number of rotatable bonds is 5. The number of ether oxygens (including phenoxy) is 2. The normalized spacial score (nSPS) is 10.3. The Labute approximate surface area is 93.3 Å². The first-order valence-electron chi connectivity index (χ1n) is 4.33. The third-order valence-corrected chi connectivity index (χ3v) is 2.04. The summed E-state index contributed by atoms with van der Waals surface area (Å²) in [6, 6.07) is 5.42. The SMILES string of the molecule is COc1ccc(C=CCOC=O)cc1Cl. The quantitative estimate of drug-likeness (QED) is 0.572. The van der Waals surface area contributed by atoms with E-state index in [1.807, 2.05) is 12.1 Å². The van der Waals surface area contributed by atoms with E-state index in [9.17, 15) is 4.79 Å². The highest BCUT2D eigenvalue weighted by atomic mass is 35.5. The van der Waals surface area contributed by atoms with Crippen LogP contribution in [0.25, 0.3) is 6.08 Å². The van der Waals surface area contributed by atoms with Gasteiger partial charge in [0, 0.05) is 0 Å². The summed E-state index contributed by atoms with van der Waals surface area (Å²) in [5.41, 5.74) is 0.926. The molecule has 0 unspecified atom stereocenters. The molecular weight excluding hydrogens is 216 g/mol. The van der Waals surface area contributed by atoms with E-state index in [0.717, 1.165) is 5.56 Å². The van der Waals surface area contributed by atoms with Crippen molar-refractivity contribution in [3.8, 4) is 5.75 Å². The van der Waals surface area contributed by atoms with Crippen molar-refractivity contribution >= 4 is 24.1 Å². The van der Waals surface area contributed by atoms with E-state index < -0.39 is 0 Å². The zero-order valence-corrected chi connectivity index (χ0v) is 9.03. The summed E-state index contributed by atoms with van der Waals surface area (Å²) < 4.78 is 9.52. The van der Waals surface area contributed by atoms with Crippen LogP contribution in [0.3, 0.4) is 0 Å². The summed E-state index contributed by atoms with van der Waals surface area (Å²) in [6.07, 6.45) is 3.54. The fraction of sp³-hybridized carbons (Fsp3) is 0.182. The average Bonchev–Trinajstić information content (AvgIpc) is 2.25. The smallest absolute Gasteiger partial charge is 0.293 e. The van der Waals surface area contributed by atoms with Crippen molar-refractivity contribution in [2.45, 2.75) is 0 Å². The molecule has 0 aromatic heterocycles. The third-order valence-electron chi connectivity index (χ3n) is 1.75. The van der Waals surface area contributed by atoms with Gasteiger partial charge in [-0.25, -0.2) is 0 Å². The molecule has 0 aliphatic carbocycles. The second-order valence-corrected chi connectivity index (χ2v) is 3.13. The van der Waals surface area contributed by atoms with E-state index in [-0.39, 0.29) is 6.61 Å². The van der Waals surface area contributed by atoms with E-state index in [1.165, 1.54) is 0 Å². The van der Waals surface area contributed by atoms with Gasteiger partial charge in [0.1, 0.15) is 12.4 Å². The first-order chi connectivity index (χ1) is 7.27. The molecule has 0 atom stereocenters. The van der Waals surface area contributed by atoms with Crippen LogP contribution in [0.4, 0.5) is 0 Å². The van der Waals surface area contributed by atoms with E-state index in [4.69, 9.17) is 16.3 Å². The van der Waals surface area contributed by atoms with E-state index in [1.54, 1.807) is 25.3 Å². The first kappa shape index (κ1) is 11.6. The molecule has 0 saturated carbocycles. The molecule has 1 aromatic rings. The lowest BCUT2D eigenvalue weighted by Gasteiger charge is -2.02. The van der Waals surface area contributed by atoms with Gasteiger partial charge in [0.15, 0.2) is 0 Å². The average molecular weight is 227 g/mol. The molecule has 0 aliphatic heterocycles. The molecule has 4 heteroatoms. The Hall–Kier alpha value is -1.48. The molecule has 0 saturated heterocycles. The summed E-state index contributed by atoms with van der Waals surface area (Å²) >= 11 is 5.92. The molecular formula is C11H11ClO3. The lowest BCUT2D eigenvalue weighted by molar-refractivity contribution is -0.127. The second-order valence-electron chi connectivity index (χ2n) is 2.73. The first-order valence-corrected chi connectivity index (χ1v) is 4.71. The number of methoxy groups -OCH3 is 1. The van der Waals surface area contributed by atoms with Crippen molar-refractivity contribution in [3.05, 3.63) is 34.9 Å². The Morgan fingerprint density at radius 1 is 1.47 bits per heavy atom. The molecule has 0 bridgehead atoms. The van der Waals surface area contributed by atoms with Crippen molar-refractivity contribution in [1.82, 2.24) is 0 Å². The van der Waals surface area contributed by atoms with Crippen LogP contribution < -0.4 is 4.74 Å². The zero-order chi connectivity index (χ0) is 11.1. The molecule has 0 spiro atoms. The Kier molecular flexibility index (Phi) is 4.71. The van der Waals surface area contributed by atoms with Gasteiger partial charge in [0.25, 0.3) is 6.47 Å². The Morgan fingerprint density at radius 2 is 2.27 bits per heavy atom. The minimum atomic E-state index is 0.257. The van der Waals surface area contributed by atoms with Gasteiger partial charge in [-0.15, -0.1) is 0 Å². The summed E-state index contributed by atoms with van der Waals surface area (Å²) in [6.45, 7) is 0.665. The minimum Gasteiger partial charge on any atom is -0.495 e. The Morgan fingerprint density at radius 3 is 2.87 bits per heavy atom. The third kappa shape index (κ3) is 3.64. The van der Waals surface area contributed by atoms with Crippen LogP contribution in [0.2, 0.25) is 5.02 Å². The number of hydrogen-bond acceptors (Lipinski definition) is 3. The van der Waals surface area contributed by atoms with Crippen LogP contribution in [-0.4, -0.2) is 20.2 Å². The molecule has 0 heterocycles. The molecule has 1 rings (SSSR count). The Balaban J connectivity index is 2.66. The maximum Gasteiger partial charge on any atom is 0.293 e. The van der Waals surface area contributed by atoms with Gasteiger partial charge in [-0.3, -0.25) is 4.79 Å². The molecule has 0 N–H and O–H groups in total. The number of hydrogen-bond donors (Lipinski definition) is 0. The van der Waals surface area contributed by atoms with Crippen LogP contribution in [0.15, 0.2) is 24.3 Å². The van der Waals surface area contributed by atoms with Crippen LogP contribution in [0, 0.1) is 0 Å². The van der Waals surface area contributed by atoms with Crippen LogP contribution in [-0.2, 0) is 9.53 Å². The van der Waals surface area contributed by atoms with Gasteiger partial charge in [0.05, 0.1) is 12.1 Å². The van der Waals surface area contributed by atoms with Crippen molar-refractivity contribution in [3.63, 3.8) is 0 Å². The fourth-order valence-corrected chi connectivity index (χ4v) is 1.33. The summed E-state index contributed by atoms with van der Waals surface area (Å²) in [5, 5.41) is 0.552. The number of benzene rings is 1. The van der Waals surface area contributed by atoms with E-state index in [0.29, 0.717) is 17.2 Å². The van der Waals surface area contributed by atoms with E-state index in [2.05, 4.69) is 4.74 Å². The predicted octanol–water partition coefficient (Wildman–Crippen LogP) is 2.53.